The van der Waals surface area contributed by atoms with E-state index >= 15 is 0 Å². The number of nitro groups is 1. The molecule has 0 bridgehead atoms. The minimum Gasteiger partial charge on any atom is -0.393 e. The highest BCUT2D eigenvalue weighted by atomic mass is 16.6. The van der Waals surface area contributed by atoms with Crippen LogP contribution in [-0.2, 0) is 0 Å². The highest BCUT2D eigenvalue weighted by Gasteiger charge is 2.23. The van der Waals surface area contributed by atoms with Crippen LogP contribution in [0.25, 0.3) is 0 Å². The Morgan fingerprint density at radius 3 is 2.90 bits per heavy atom. The lowest BCUT2D eigenvalue weighted by molar-refractivity contribution is -0.384. The molecule has 1 unspecified atom stereocenters. The molecule has 0 aliphatic carbocycles. The second-order valence-corrected chi connectivity index (χ2v) is 5.02. The molecule has 0 saturated carbocycles. The van der Waals surface area contributed by atoms with E-state index in [2.05, 4.69) is 10.6 Å². The van der Waals surface area contributed by atoms with Crippen molar-refractivity contribution in [2.45, 2.75) is 25.8 Å². The minimum absolute atomic E-state index is 0.0372. The number of anilines is 1. The standard InChI is InChI=1S/C13H18N4O3/c1-8-5-10(12(14)11(6-8)17(19)20)13(18)16-9-3-2-4-15-7-9/h5-6,9,15H,2-4,7,14H2,1H3,(H,16,18). The third-order valence-corrected chi connectivity index (χ3v) is 3.38. The second-order valence-electron chi connectivity index (χ2n) is 5.02. The molecule has 1 amide bonds. The van der Waals surface area contributed by atoms with Gasteiger partial charge in [0.2, 0.25) is 0 Å². The molecule has 1 aromatic rings. The normalized spacial score (nSPS) is 18.6. The van der Waals surface area contributed by atoms with E-state index in [1.165, 1.54) is 6.07 Å². The number of carbonyl (C=O) groups is 1. The quantitative estimate of drug-likeness (QED) is 0.433. The smallest absolute Gasteiger partial charge is 0.293 e. The lowest BCUT2D eigenvalue weighted by Crippen LogP contribution is -2.45. The molecule has 1 aliphatic rings. The van der Waals surface area contributed by atoms with Crippen LogP contribution < -0.4 is 16.4 Å². The van der Waals surface area contributed by atoms with E-state index in [1.807, 2.05) is 0 Å². The number of piperidine rings is 1. The molecule has 2 rings (SSSR count). The summed E-state index contributed by atoms with van der Waals surface area (Å²) in [6.07, 6.45) is 1.89. The highest BCUT2D eigenvalue weighted by Crippen LogP contribution is 2.27. The molecule has 1 aliphatic heterocycles. The van der Waals surface area contributed by atoms with E-state index in [4.69, 9.17) is 5.73 Å². The lowest BCUT2D eigenvalue weighted by atomic mass is 10.0. The van der Waals surface area contributed by atoms with Crippen LogP contribution in [-0.4, -0.2) is 30.0 Å². The Bertz CT molecular complexity index is 539. The molecule has 108 valence electrons. The Morgan fingerprint density at radius 1 is 1.55 bits per heavy atom. The average molecular weight is 278 g/mol. The summed E-state index contributed by atoms with van der Waals surface area (Å²) >= 11 is 0. The van der Waals surface area contributed by atoms with Gasteiger partial charge in [-0.2, -0.15) is 0 Å². The zero-order valence-electron chi connectivity index (χ0n) is 11.3. The Morgan fingerprint density at radius 2 is 2.30 bits per heavy atom. The molecule has 1 saturated heterocycles. The van der Waals surface area contributed by atoms with Gasteiger partial charge in [0.25, 0.3) is 11.6 Å². The summed E-state index contributed by atoms with van der Waals surface area (Å²) in [6.45, 7) is 3.36. The highest BCUT2D eigenvalue weighted by molar-refractivity contribution is 6.01. The topological polar surface area (TPSA) is 110 Å². The summed E-state index contributed by atoms with van der Waals surface area (Å²) < 4.78 is 0. The van der Waals surface area contributed by atoms with Gasteiger partial charge in [0.15, 0.2) is 0 Å². The van der Waals surface area contributed by atoms with Gasteiger partial charge in [-0.15, -0.1) is 0 Å². The molecule has 4 N–H and O–H groups in total. The van der Waals surface area contributed by atoms with Crippen molar-refractivity contribution in [3.05, 3.63) is 33.4 Å². The van der Waals surface area contributed by atoms with Crippen LogP contribution in [0.2, 0.25) is 0 Å². The maximum Gasteiger partial charge on any atom is 0.293 e. The predicted molar refractivity (Wildman–Crippen MR) is 75.6 cm³/mol. The number of nitrogen functional groups attached to an aromatic ring is 1. The number of carbonyl (C=O) groups excluding carboxylic acids is 1. The largest absolute Gasteiger partial charge is 0.393 e. The summed E-state index contributed by atoms with van der Waals surface area (Å²) in [4.78, 5) is 22.6. The number of benzene rings is 1. The number of hydrogen-bond acceptors (Lipinski definition) is 5. The van der Waals surface area contributed by atoms with Gasteiger partial charge in [0.05, 0.1) is 10.5 Å². The summed E-state index contributed by atoms with van der Waals surface area (Å²) in [5.41, 5.74) is 6.24. The Kier molecular flexibility index (Phi) is 4.19. The third-order valence-electron chi connectivity index (χ3n) is 3.38. The molecule has 7 nitrogen and oxygen atoms in total. The molecule has 1 heterocycles. The molecule has 7 heteroatoms. The number of rotatable bonds is 3. The van der Waals surface area contributed by atoms with Gasteiger partial charge in [-0.05, 0) is 37.9 Å². The molecule has 1 atom stereocenters. The molecule has 20 heavy (non-hydrogen) atoms. The number of amides is 1. The van der Waals surface area contributed by atoms with Gasteiger partial charge in [-0.3, -0.25) is 14.9 Å². The van der Waals surface area contributed by atoms with Crippen LogP contribution >= 0.6 is 0 Å². The average Bonchev–Trinajstić information content (AvgIpc) is 2.41. The molecular weight excluding hydrogens is 260 g/mol. The fourth-order valence-corrected chi connectivity index (χ4v) is 2.36. The first-order valence-corrected chi connectivity index (χ1v) is 6.55. The fraction of sp³-hybridized carbons (Fsp3) is 0.462. The second kappa shape index (κ2) is 5.87. The van der Waals surface area contributed by atoms with Crippen LogP contribution in [0.15, 0.2) is 12.1 Å². The Hall–Kier alpha value is -2.15. The van der Waals surface area contributed by atoms with E-state index < -0.39 is 4.92 Å². The third kappa shape index (κ3) is 3.05. The van der Waals surface area contributed by atoms with Gasteiger partial charge in [0, 0.05) is 18.7 Å². The van der Waals surface area contributed by atoms with E-state index in [0.717, 1.165) is 19.4 Å². The first kappa shape index (κ1) is 14.3. The van der Waals surface area contributed by atoms with Crippen LogP contribution in [0.4, 0.5) is 11.4 Å². The van der Waals surface area contributed by atoms with Gasteiger partial charge < -0.3 is 16.4 Å². The number of nitrogens with one attached hydrogen (secondary N) is 2. The zero-order chi connectivity index (χ0) is 14.7. The van der Waals surface area contributed by atoms with Gasteiger partial charge in [-0.25, -0.2) is 0 Å². The van der Waals surface area contributed by atoms with E-state index in [0.29, 0.717) is 12.1 Å². The summed E-state index contributed by atoms with van der Waals surface area (Å²) in [7, 11) is 0. The van der Waals surface area contributed by atoms with Gasteiger partial charge >= 0.3 is 0 Å². The van der Waals surface area contributed by atoms with Crippen LogP contribution in [0.1, 0.15) is 28.8 Å². The Labute approximate surface area is 116 Å². The molecule has 0 aromatic heterocycles. The van der Waals surface area contributed by atoms with Crippen molar-refractivity contribution in [1.29, 1.82) is 0 Å². The zero-order valence-corrected chi connectivity index (χ0v) is 11.3. The summed E-state index contributed by atoms with van der Waals surface area (Å²) in [5, 5.41) is 17.0. The first-order chi connectivity index (χ1) is 9.49. The first-order valence-electron chi connectivity index (χ1n) is 6.55. The molecule has 0 spiro atoms. The van der Waals surface area contributed by atoms with Crippen molar-refractivity contribution in [2.75, 3.05) is 18.8 Å². The maximum atomic E-state index is 12.2. The van der Waals surface area contributed by atoms with Gasteiger partial charge in [0.1, 0.15) is 5.69 Å². The van der Waals surface area contributed by atoms with Gasteiger partial charge in [-0.1, -0.05) is 0 Å². The van der Waals surface area contributed by atoms with Crippen molar-refractivity contribution in [2.24, 2.45) is 0 Å². The summed E-state index contributed by atoms with van der Waals surface area (Å²) in [5.74, 6) is -0.358. The number of nitro benzene ring substituents is 1. The minimum atomic E-state index is -0.568. The number of aryl methyl sites for hydroxylation is 1. The van der Waals surface area contributed by atoms with Crippen molar-refractivity contribution in [3.8, 4) is 0 Å². The SMILES string of the molecule is Cc1cc(C(=O)NC2CCCNC2)c(N)c([N+](=O)[O-])c1. The molecule has 1 aromatic carbocycles. The molecule has 0 radical (unpaired) electrons. The van der Waals surface area contributed by atoms with E-state index in [1.54, 1.807) is 13.0 Å². The summed E-state index contributed by atoms with van der Waals surface area (Å²) in [6, 6.07) is 2.98. The monoisotopic (exact) mass is 278 g/mol. The molecule has 1 fully saturated rings. The maximum absolute atomic E-state index is 12.2. The van der Waals surface area contributed by atoms with Crippen molar-refractivity contribution < 1.29 is 9.72 Å². The number of nitrogens with two attached hydrogens (primary N) is 1. The van der Waals surface area contributed by atoms with Crippen LogP contribution in [0.3, 0.4) is 0 Å². The lowest BCUT2D eigenvalue weighted by Gasteiger charge is -2.24. The van der Waals surface area contributed by atoms with Crippen molar-refractivity contribution in [3.63, 3.8) is 0 Å². The molecular formula is C13H18N4O3. The van der Waals surface area contributed by atoms with Crippen LogP contribution in [0.5, 0.6) is 0 Å². The van der Waals surface area contributed by atoms with Crippen LogP contribution in [0, 0.1) is 17.0 Å². The number of hydrogen-bond donors (Lipinski definition) is 3. The number of nitrogens with zero attached hydrogens (tertiary/aromatic N) is 1. The van der Waals surface area contributed by atoms with Crippen molar-refractivity contribution in [1.82, 2.24) is 10.6 Å². The van der Waals surface area contributed by atoms with Crippen molar-refractivity contribution >= 4 is 17.3 Å². The van der Waals surface area contributed by atoms with E-state index in [9.17, 15) is 14.9 Å². The Balaban J connectivity index is 2.22. The van der Waals surface area contributed by atoms with E-state index in [-0.39, 0.29) is 28.9 Å². The fourth-order valence-electron chi connectivity index (χ4n) is 2.36. The predicted octanol–water partition coefficient (Wildman–Crippen LogP) is 0.967.